The predicted octanol–water partition coefficient (Wildman–Crippen LogP) is 8.71. The Morgan fingerprint density at radius 2 is 1.31 bits per heavy atom. The summed E-state index contributed by atoms with van der Waals surface area (Å²) >= 11 is 0. The van der Waals surface area contributed by atoms with Crippen molar-refractivity contribution in [2.45, 2.75) is 90.4 Å². The average molecular weight is 539 g/mol. The summed E-state index contributed by atoms with van der Waals surface area (Å²) in [6.45, 7) is 4.25. The van der Waals surface area contributed by atoms with Gasteiger partial charge in [0, 0.05) is 23.5 Å². The SMILES string of the molecule is CCCCCCCC[C@H](F)C(=O)Oc1ccc(-c2cnc(-c3ccc(OC[C@@H](F)CCCC)cc3)nc2)cc1. The van der Waals surface area contributed by atoms with Crippen LogP contribution in [0.4, 0.5) is 8.78 Å². The van der Waals surface area contributed by atoms with Gasteiger partial charge in [0.05, 0.1) is 0 Å². The molecule has 1 heterocycles. The second-order valence-electron chi connectivity index (χ2n) is 9.84. The van der Waals surface area contributed by atoms with Crippen LogP contribution in [0.2, 0.25) is 0 Å². The van der Waals surface area contributed by atoms with Gasteiger partial charge in [0.2, 0.25) is 0 Å². The fourth-order valence-corrected chi connectivity index (χ4v) is 4.14. The Bertz CT molecular complexity index is 1110. The molecule has 210 valence electrons. The van der Waals surface area contributed by atoms with E-state index in [2.05, 4.69) is 16.9 Å². The third-order valence-corrected chi connectivity index (χ3v) is 6.54. The average Bonchev–Trinajstić information content (AvgIpc) is 2.97. The number of halogens is 2. The summed E-state index contributed by atoms with van der Waals surface area (Å²) in [6, 6.07) is 14.1. The fraction of sp³-hybridized carbons (Fsp3) is 0.469. The molecule has 7 heteroatoms. The minimum absolute atomic E-state index is 0.0517. The van der Waals surface area contributed by atoms with E-state index in [0.29, 0.717) is 30.2 Å². The van der Waals surface area contributed by atoms with Crippen molar-refractivity contribution in [1.82, 2.24) is 9.97 Å². The zero-order chi connectivity index (χ0) is 27.9. The molecule has 0 aliphatic carbocycles. The van der Waals surface area contributed by atoms with Crippen molar-refractivity contribution in [3.8, 4) is 34.0 Å². The smallest absolute Gasteiger partial charge is 0.346 e. The molecule has 0 fully saturated rings. The molecule has 0 spiro atoms. The van der Waals surface area contributed by atoms with Crippen LogP contribution in [0.25, 0.3) is 22.5 Å². The number of carbonyl (C=O) groups is 1. The van der Waals surface area contributed by atoms with Crippen molar-refractivity contribution < 1.29 is 23.0 Å². The first-order valence-corrected chi connectivity index (χ1v) is 14.2. The number of esters is 1. The molecule has 0 radical (unpaired) electrons. The summed E-state index contributed by atoms with van der Waals surface area (Å²) < 4.78 is 38.8. The van der Waals surface area contributed by atoms with Gasteiger partial charge >= 0.3 is 5.97 Å². The van der Waals surface area contributed by atoms with Gasteiger partial charge in [-0.15, -0.1) is 0 Å². The molecule has 0 bridgehead atoms. The molecule has 0 saturated heterocycles. The maximum atomic E-state index is 14.2. The number of benzene rings is 2. The fourth-order valence-electron chi connectivity index (χ4n) is 4.14. The van der Waals surface area contributed by atoms with Crippen molar-refractivity contribution >= 4 is 5.97 Å². The van der Waals surface area contributed by atoms with Crippen LogP contribution in [0, 0.1) is 0 Å². The van der Waals surface area contributed by atoms with Gasteiger partial charge in [-0.1, -0.05) is 70.9 Å². The summed E-state index contributed by atoms with van der Waals surface area (Å²) in [5.41, 5.74) is 2.46. The maximum Gasteiger partial charge on any atom is 0.346 e. The number of hydrogen-bond donors (Lipinski definition) is 0. The first-order chi connectivity index (χ1) is 19.0. The molecule has 0 aliphatic heterocycles. The molecule has 3 rings (SSSR count). The third kappa shape index (κ3) is 10.4. The number of nitrogens with zero attached hydrogens (tertiary/aromatic N) is 2. The number of aromatic nitrogens is 2. The van der Waals surface area contributed by atoms with Crippen molar-refractivity contribution in [3.05, 3.63) is 60.9 Å². The minimum Gasteiger partial charge on any atom is -0.491 e. The molecule has 39 heavy (non-hydrogen) atoms. The standard InChI is InChI=1S/C32H40F2N2O3/c1-3-5-7-8-9-10-12-30(34)32(37)39-29-19-13-24(14-20-29)26-21-35-31(36-22-26)25-15-17-28(18-16-25)38-23-27(33)11-6-4-2/h13-22,27,30H,3-12,23H2,1-2H3/t27-,30-/m0/s1. The van der Waals surface area contributed by atoms with E-state index in [0.717, 1.165) is 48.8 Å². The van der Waals surface area contributed by atoms with Crippen molar-refractivity contribution in [3.63, 3.8) is 0 Å². The van der Waals surface area contributed by atoms with E-state index in [4.69, 9.17) is 9.47 Å². The van der Waals surface area contributed by atoms with Gasteiger partial charge < -0.3 is 9.47 Å². The van der Waals surface area contributed by atoms with Crippen LogP contribution in [-0.4, -0.2) is 34.9 Å². The normalized spacial score (nSPS) is 12.6. The second kappa shape index (κ2) is 16.6. The van der Waals surface area contributed by atoms with Crippen LogP contribution >= 0.6 is 0 Å². The second-order valence-corrected chi connectivity index (χ2v) is 9.84. The lowest BCUT2D eigenvalue weighted by atomic mass is 10.1. The number of rotatable bonds is 17. The van der Waals surface area contributed by atoms with Crippen molar-refractivity contribution in [2.24, 2.45) is 0 Å². The number of hydrogen-bond acceptors (Lipinski definition) is 5. The predicted molar refractivity (Wildman–Crippen MR) is 151 cm³/mol. The van der Waals surface area contributed by atoms with E-state index < -0.39 is 18.3 Å². The van der Waals surface area contributed by atoms with Crippen LogP contribution in [0.3, 0.4) is 0 Å². The third-order valence-electron chi connectivity index (χ3n) is 6.54. The maximum absolute atomic E-state index is 14.2. The van der Waals surface area contributed by atoms with Crippen molar-refractivity contribution in [2.75, 3.05) is 6.61 Å². The number of ether oxygens (including phenoxy) is 2. The number of unbranched alkanes of at least 4 members (excludes halogenated alkanes) is 6. The van der Waals surface area contributed by atoms with E-state index in [1.54, 1.807) is 48.8 Å². The van der Waals surface area contributed by atoms with Crippen molar-refractivity contribution in [1.29, 1.82) is 0 Å². The van der Waals surface area contributed by atoms with E-state index in [9.17, 15) is 13.6 Å². The highest BCUT2D eigenvalue weighted by Gasteiger charge is 2.19. The Kier molecular flexibility index (Phi) is 12.8. The highest BCUT2D eigenvalue weighted by atomic mass is 19.1. The van der Waals surface area contributed by atoms with Gasteiger partial charge in [-0.2, -0.15) is 0 Å². The molecule has 0 unspecified atom stereocenters. The first-order valence-electron chi connectivity index (χ1n) is 14.2. The lowest BCUT2D eigenvalue weighted by Crippen LogP contribution is -2.21. The van der Waals surface area contributed by atoms with Gasteiger partial charge in [0.25, 0.3) is 0 Å². The monoisotopic (exact) mass is 538 g/mol. The summed E-state index contributed by atoms with van der Waals surface area (Å²) in [7, 11) is 0. The Morgan fingerprint density at radius 3 is 1.97 bits per heavy atom. The highest BCUT2D eigenvalue weighted by molar-refractivity contribution is 5.77. The Morgan fingerprint density at radius 1 is 0.718 bits per heavy atom. The van der Waals surface area contributed by atoms with Crippen LogP contribution in [0.5, 0.6) is 11.5 Å². The summed E-state index contributed by atoms with van der Waals surface area (Å²) in [6.07, 6.45) is 9.61. The molecule has 1 aromatic heterocycles. The van der Waals surface area contributed by atoms with Gasteiger partial charge in [-0.3, -0.25) is 0 Å². The quantitative estimate of drug-likeness (QED) is 0.0977. The van der Waals surface area contributed by atoms with Gasteiger partial charge in [0.15, 0.2) is 12.0 Å². The van der Waals surface area contributed by atoms with Crippen LogP contribution in [-0.2, 0) is 4.79 Å². The molecule has 2 atom stereocenters. The molecule has 5 nitrogen and oxygen atoms in total. The Labute approximate surface area is 231 Å². The molecular formula is C32H40F2N2O3. The minimum atomic E-state index is -1.61. The first kappa shape index (κ1) is 30.2. The molecule has 0 amide bonds. The van der Waals surface area contributed by atoms with Gasteiger partial charge in [-0.05, 0) is 61.2 Å². The summed E-state index contributed by atoms with van der Waals surface area (Å²) in [4.78, 5) is 21.0. The van der Waals surface area contributed by atoms with Gasteiger partial charge in [0.1, 0.15) is 24.3 Å². The topological polar surface area (TPSA) is 61.3 Å². The molecule has 0 N–H and O–H groups in total. The summed E-state index contributed by atoms with van der Waals surface area (Å²) in [5, 5.41) is 0. The zero-order valence-corrected chi connectivity index (χ0v) is 23.1. The van der Waals surface area contributed by atoms with Crippen LogP contribution in [0.1, 0.15) is 78.1 Å². The molecule has 0 saturated carbocycles. The number of carbonyl (C=O) groups excluding carboxylic acids is 1. The molecule has 2 aromatic carbocycles. The number of alkyl halides is 2. The molecular weight excluding hydrogens is 498 g/mol. The molecule has 0 aliphatic rings. The van der Waals surface area contributed by atoms with Gasteiger partial charge in [-0.25, -0.2) is 23.5 Å². The van der Waals surface area contributed by atoms with Crippen LogP contribution < -0.4 is 9.47 Å². The Hall–Kier alpha value is -3.35. The highest BCUT2D eigenvalue weighted by Crippen LogP contribution is 2.25. The summed E-state index contributed by atoms with van der Waals surface area (Å²) in [5.74, 6) is 0.623. The van der Waals surface area contributed by atoms with E-state index >= 15 is 0 Å². The van der Waals surface area contributed by atoms with E-state index in [1.807, 2.05) is 19.1 Å². The van der Waals surface area contributed by atoms with Crippen LogP contribution in [0.15, 0.2) is 60.9 Å². The van der Waals surface area contributed by atoms with E-state index in [-0.39, 0.29) is 13.0 Å². The molecule has 3 aromatic rings. The lowest BCUT2D eigenvalue weighted by molar-refractivity contribution is -0.140. The zero-order valence-electron chi connectivity index (χ0n) is 23.1. The lowest BCUT2D eigenvalue weighted by Gasteiger charge is -2.10. The Balaban J connectivity index is 1.48. The van der Waals surface area contributed by atoms with E-state index in [1.165, 1.54) is 12.8 Å². The largest absolute Gasteiger partial charge is 0.491 e.